The molecular weight excluding hydrogens is 162 g/mol. The fraction of sp³-hybridized carbons (Fsp3) is 0.500. The molecule has 0 radical (unpaired) electrons. The third-order valence-corrected chi connectivity index (χ3v) is 1.70. The van der Waals surface area contributed by atoms with Crippen LogP contribution in [0.1, 0.15) is 19.4 Å². The van der Waals surface area contributed by atoms with Crippen molar-refractivity contribution in [2.24, 2.45) is 0 Å². The molecular formula is C10H17N3. The van der Waals surface area contributed by atoms with Crippen LogP contribution in [0.25, 0.3) is 0 Å². The summed E-state index contributed by atoms with van der Waals surface area (Å²) in [5.74, 6) is 0. The Kier molecular flexibility index (Phi) is 3.71. The first-order valence-corrected chi connectivity index (χ1v) is 4.58. The van der Waals surface area contributed by atoms with Gasteiger partial charge in [-0.2, -0.15) is 5.10 Å². The molecule has 0 aliphatic heterocycles. The average Bonchev–Trinajstić information content (AvgIpc) is 2.48. The first-order valence-electron chi connectivity index (χ1n) is 4.58. The summed E-state index contributed by atoms with van der Waals surface area (Å²) in [6, 6.07) is 0. The average molecular weight is 179 g/mol. The molecule has 0 amide bonds. The molecule has 0 aliphatic rings. The zero-order chi connectivity index (χ0) is 9.68. The van der Waals surface area contributed by atoms with Gasteiger partial charge in [-0.1, -0.05) is 19.1 Å². The SMILES string of the molecule is C=C(C)Cn1cc(CNCC)cn1. The van der Waals surface area contributed by atoms with Gasteiger partial charge in [-0.25, -0.2) is 0 Å². The van der Waals surface area contributed by atoms with Gasteiger partial charge >= 0.3 is 0 Å². The molecule has 0 fully saturated rings. The maximum atomic E-state index is 4.23. The van der Waals surface area contributed by atoms with E-state index >= 15 is 0 Å². The van der Waals surface area contributed by atoms with E-state index in [1.807, 2.05) is 17.8 Å². The highest BCUT2D eigenvalue weighted by atomic mass is 15.3. The van der Waals surface area contributed by atoms with E-state index in [2.05, 4.69) is 30.1 Å². The number of hydrogen-bond acceptors (Lipinski definition) is 2. The largest absolute Gasteiger partial charge is 0.313 e. The summed E-state index contributed by atoms with van der Waals surface area (Å²) in [6.45, 7) is 10.6. The van der Waals surface area contributed by atoms with E-state index in [-0.39, 0.29) is 0 Å². The highest BCUT2D eigenvalue weighted by Crippen LogP contribution is 1.99. The minimum atomic E-state index is 0.812. The summed E-state index contributed by atoms with van der Waals surface area (Å²) in [7, 11) is 0. The maximum absolute atomic E-state index is 4.23. The van der Waals surface area contributed by atoms with Crippen LogP contribution in [0.15, 0.2) is 24.5 Å². The Labute approximate surface area is 79.5 Å². The van der Waals surface area contributed by atoms with Crippen molar-refractivity contribution in [1.82, 2.24) is 15.1 Å². The predicted molar refractivity (Wildman–Crippen MR) is 54.4 cm³/mol. The second-order valence-electron chi connectivity index (χ2n) is 3.28. The normalized spacial score (nSPS) is 10.3. The van der Waals surface area contributed by atoms with Gasteiger partial charge in [0.1, 0.15) is 0 Å². The Bertz CT molecular complexity index is 275. The molecule has 72 valence electrons. The number of aromatic nitrogens is 2. The van der Waals surface area contributed by atoms with E-state index in [1.54, 1.807) is 0 Å². The molecule has 13 heavy (non-hydrogen) atoms. The molecule has 1 rings (SSSR count). The van der Waals surface area contributed by atoms with Crippen molar-refractivity contribution in [2.45, 2.75) is 26.9 Å². The lowest BCUT2D eigenvalue weighted by molar-refractivity contribution is 0.675. The monoisotopic (exact) mass is 179 g/mol. The smallest absolute Gasteiger partial charge is 0.0614 e. The van der Waals surface area contributed by atoms with E-state index in [0.29, 0.717) is 0 Å². The molecule has 0 atom stereocenters. The standard InChI is InChI=1S/C10H17N3/c1-4-11-5-10-6-12-13(8-10)7-9(2)3/h6,8,11H,2,4-5,7H2,1,3H3. The Balaban J connectivity index is 2.48. The van der Waals surface area contributed by atoms with Crippen LogP contribution in [0, 0.1) is 0 Å². The summed E-state index contributed by atoms with van der Waals surface area (Å²) in [6.07, 6.45) is 3.95. The molecule has 0 saturated carbocycles. The quantitative estimate of drug-likeness (QED) is 0.695. The van der Waals surface area contributed by atoms with E-state index in [9.17, 15) is 0 Å². The number of rotatable bonds is 5. The summed E-state index contributed by atoms with van der Waals surface area (Å²) in [5, 5.41) is 7.48. The summed E-state index contributed by atoms with van der Waals surface area (Å²) in [4.78, 5) is 0. The van der Waals surface area contributed by atoms with Crippen molar-refractivity contribution in [2.75, 3.05) is 6.54 Å². The van der Waals surface area contributed by atoms with Crippen molar-refractivity contribution in [3.63, 3.8) is 0 Å². The van der Waals surface area contributed by atoms with Crippen LogP contribution in [-0.2, 0) is 13.1 Å². The highest BCUT2D eigenvalue weighted by molar-refractivity contribution is 5.04. The fourth-order valence-corrected chi connectivity index (χ4v) is 1.13. The molecule has 0 spiro atoms. The Morgan fingerprint density at radius 1 is 1.69 bits per heavy atom. The topological polar surface area (TPSA) is 29.9 Å². The van der Waals surface area contributed by atoms with E-state index in [1.165, 1.54) is 5.56 Å². The Hall–Kier alpha value is -1.09. The lowest BCUT2D eigenvalue weighted by atomic mass is 10.3. The first kappa shape index (κ1) is 9.99. The second-order valence-corrected chi connectivity index (χ2v) is 3.28. The van der Waals surface area contributed by atoms with Crippen LogP contribution in [0.2, 0.25) is 0 Å². The first-order chi connectivity index (χ1) is 6.22. The summed E-state index contributed by atoms with van der Waals surface area (Å²) in [5.41, 5.74) is 2.35. The molecule has 1 heterocycles. The molecule has 0 aliphatic carbocycles. The predicted octanol–water partition coefficient (Wildman–Crippen LogP) is 1.57. The van der Waals surface area contributed by atoms with Crippen molar-refractivity contribution in [3.05, 3.63) is 30.1 Å². The number of hydrogen-bond donors (Lipinski definition) is 1. The zero-order valence-electron chi connectivity index (χ0n) is 8.38. The molecule has 0 saturated heterocycles. The van der Waals surface area contributed by atoms with Crippen molar-refractivity contribution >= 4 is 0 Å². The molecule has 1 N–H and O–H groups in total. The molecule has 0 bridgehead atoms. The summed E-state index contributed by atoms with van der Waals surface area (Å²) < 4.78 is 1.91. The van der Waals surface area contributed by atoms with E-state index in [0.717, 1.165) is 25.2 Å². The van der Waals surface area contributed by atoms with Crippen LogP contribution in [0.5, 0.6) is 0 Å². The van der Waals surface area contributed by atoms with Gasteiger partial charge in [0.05, 0.1) is 12.7 Å². The summed E-state index contributed by atoms with van der Waals surface area (Å²) >= 11 is 0. The second kappa shape index (κ2) is 4.82. The minimum Gasteiger partial charge on any atom is -0.313 e. The van der Waals surface area contributed by atoms with Crippen LogP contribution in [-0.4, -0.2) is 16.3 Å². The molecule has 1 aromatic heterocycles. The minimum absolute atomic E-state index is 0.812. The van der Waals surface area contributed by atoms with Crippen molar-refractivity contribution < 1.29 is 0 Å². The molecule has 0 unspecified atom stereocenters. The van der Waals surface area contributed by atoms with Gasteiger partial charge in [0.25, 0.3) is 0 Å². The van der Waals surface area contributed by atoms with Crippen molar-refractivity contribution in [1.29, 1.82) is 0 Å². The maximum Gasteiger partial charge on any atom is 0.0614 e. The number of allylic oxidation sites excluding steroid dienone is 1. The highest BCUT2D eigenvalue weighted by Gasteiger charge is 1.96. The number of nitrogens with one attached hydrogen (secondary N) is 1. The van der Waals surface area contributed by atoms with Crippen LogP contribution in [0.3, 0.4) is 0 Å². The third kappa shape index (κ3) is 3.42. The zero-order valence-corrected chi connectivity index (χ0v) is 8.38. The Morgan fingerprint density at radius 2 is 2.46 bits per heavy atom. The molecule has 1 aromatic rings. The van der Waals surface area contributed by atoms with Gasteiger partial charge in [0.15, 0.2) is 0 Å². The third-order valence-electron chi connectivity index (χ3n) is 1.70. The van der Waals surface area contributed by atoms with Gasteiger partial charge in [0.2, 0.25) is 0 Å². The molecule has 0 aromatic carbocycles. The van der Waals surface area contributed by atoms with Gasteiger partial charge in [-0.05, 0) is 13.5 Å². The lowest BCUT2D eigenvalue weighted by Crippen LogP contribution is -2.11. The van der Waals surface area contributed by atoms with Gasteiger partial charge in [-0.15, -0.1) is 0 Å². The lowest BCUT2D eigenvalue weighted by Gasteiger charge is -1.99. The molecule has 3 heteroatoms. The van der Waals surface area contributed by atoms with Crippen molar-refractivity contribution in [3.8, 4) is 0 Å². The number of nitrogens with zero attached hydrogens (tertiary/aromatic N) is 2. The van der Waals surface area contributed by atoms with E-state index in [4.69, 9.17) is 0 Å². The van der Waals surface area contributed by atoms with Crippen LogP contribution in [0.4, 0.5) is 0 Å². The van der Waals surface area contributed by atoms with Crippen LogP contribution >= 0.6 is 0 Å². The Morgan fingerprint density at radius 3 is 3.08 bits per heavy atom. The van der Waals surface area contributed by atoms with Gasteiger partial charge < -0.3 is 5.32 Å². The van der Waals surface area contributed by atoms with Gasteiger partial charge in [0, 0.05) is 18.3 Å². The van der Waals surface area contributed by atoms with Gasteiger partial charge in [-0.3, -0.25) is 4.68 Å². The van der Waals surface area contributed by atoms with E-state index < -0.39 is 0 Å². The molecule has 3 nitrogen and oxygen atoms in total. The fourth-order valence-electron chi connectivity index (χ4n) is 1.13. The van der Waals surface area contributed by atoms with Crippen LogP contribution < -0.4 is 5.32 Å².